The Morgan fingerprint density at radius 3 is 2.63 bits per heavy atom. The van der Waals surface area contributed by atoms with Crippen LogP contribution in [0, 0.1) is 10.1 Å². The molecule has 1 aliphatic rings. The van der Waals surface area contributed by atoms with Crippen molar-refractivity contribution < 1.29 is 14.5 Å². The molecule has 2 N–H and O–H groups in total. The van der Waals surface area contributed by atoms with E-state index in [1.54, 1.807) is 6.07 Å². The predicted octanol–water partition coefficient (Wildman–Crippen LogP) is 2.87. The minimum atomic E-state index is -0.676. The van der Waals surface area contributed by atoms with Crippen LogP contribution in [0.4, 0.5) is 5.69 Å². The minimum absolute atomic E-state index is 0.0864. The van der Waals surface area contributed by atoms with Crippen molar-refractivity contribution in [3.8, 4) is 0 Å². The van der Waals surface area contributed by atoms with Gasteiger partial charge in [0, 0.05) is 43.4 Å². The van der Waals surface area contributed by atoms with Crippen molar-refractivity contribution in [2.45, 2.75) is 32.0 Å². The third-order valence-corrected chi connectivity index (χ3v) is 4.70. The zero-order valence-electron chi connectivity index (χ0n) is 15.0. The molecule has 27 heavy (non-hydrogen) atoms. The van der Waals surface area contributed by atoms with Crippen LogP contribution in [0.3, 0.4) is 0 Å². The number of hydrogen-bond donors (Lipinski definition) is 1. The largest absolute Gasteiger partial charge is 0.377 e. The average Bonchev–Trinajstić information content (AvgIpc) is 3.15. The molecule has 0 aliphatic carbocycles. The Morgan fingerprint density at radius 2 is 2.00 bits per heavy atom. The van der Waals surface area contributed by atoms with Crippen LogP contribution in [0.15, 0.2) is 48.5 Å². The Morgan fingerprint density at radius 1 is 1.22 bits per heavy atom. The molecule has 0 aromatic heterocycles. The number of primary amides is 1. The Bertz CT molecular complexity index is 804. The van der Waals surface area contributed by atoms with Crippen molar-refractivity contribution in [2.75, 3.05) is 13.2 Å². The van der Waals surface area contributed by atoms with Gasteiger partial charge in [0.1, 0.15) is 0 Å². The van der Waals surface area contributed by atoms with Crippen molar-refractivity contribution in [2.24, 2.45) is 5.73 Å². The van der Waals surface area contributed by atoms with E-state index in [2.05, 4.69) is 4.90 Å². The third kappa shape index (κ3) is 5.12. The first-order valence-electron chi connectivity index (χ1n) is 8.98. The Labute approximate surface area is 157 Å². The second-order valence-electron chi connectivity index (χ2n) is 6.76. The molecule has 2 aromatic rings. The van der Waals surface area contributed by atoms with E-state index in [1.165, 1.54) is 12.1 Å². The van der Waals surface area contributed by atoms with E-state index in [4.69, 9.17) is 10.5 Å². The van der Waals surface area contributed by atoms with Crippen LogP contribution in [-0.4, -0.2) is 35.0 Å². The summed E-state index contributed by atoms with van der Waals surface area (Å²) in [6.07, 6.45) is 2.17. The van der Waals surface area contributed by atoms with E-state index < -0.39 is 10.8 Å². The van der Waals surface area contributed by atoms with Gasteiger partial charge in [0.15, 0.2) is 0 Å². The second-order valence-corrected chi connectivity index (χ2v) is 6.76. The first-order valence-corrected chi connectivity index (χ1v) is 8.98. The van der Waals surface area contributed by atoms with Crippen LogP contribution in [0.5, 0.6) is 0 Å². The minimum Gasteiger partial charge on any atom is -0.377 e. The summed E-state index contributed by atoms with van der Waals surface area (Å²) >= 11 is 0. The highest BCUT2D eigenvalue weighted by molar-refractivity contribution is 5.93. The van der Waals surface area contributed by atoms with Crippen molar-refractivity contribution >= 4 is 11.6 Å². The summed E-state index contributed by atoms with van der Waals surface area (Å²) < 4.78 is 5.75. The molecule has 1 aliphatic heterocycles. The van der Waals surface area contributed by atoms with Crippen LogP contribution in [0.2, 0.25) is 0 Å². The third-order valence-electron chi connectivity index (χ3n) is 4.70. The molecule has 7 heteroatoms. The van der Waals surface area contributed by atoms with Crippen LogP contribution < -0.4 is 5.73 Å². The van der Waals surface area contributed by atoms with Gasteiger partial charge >= 0.3 is 0 Å². The summed E-state index contributed by atoms with van der Waals surface area (Å²) in [7, 11) is 0. The first kappa shape index (κ1) is 19.0. The van der Waals surface area contributed by atoms with E-state index in [0.717, 1.165) is 25.0 Å². The topological polar surface area (TPSA) is 98.7 Å². The van der Waals surface area contributed by atoms with Gasteiger partial charge in [0.25, 0.3) is 5.69 Å². The summed E-state index contributed by atoms with van der Waals surface area (Å²) in [5.41, 5.74) is 6.99. The van der Waals surface area contributed by atoms with Gasteiger partial charge in [0.2, 0.25) is 5.91 Å². The fourth-order valence-electron chi connectivity index (χ4n) is 3.36. The number of amides is 1. The molecule has 1 atom stereocenters. The Kier molecular flexibility index (Phi) is 6.16. The molecule has 1 saturated heterocycles. The van der Waals surface area contributed by atoms with Gasteiger partial charge < -0.3 is 10.5 Å². The maximum atomic E-state index is 11.5. The van der Waals surface area contributed by atoms with E-state index in [-0.39, 0.29) is 17.4 Å². The van der Waals surface area contributed by atoms with E-state index in [9.17, 15) is 14.9 Å². The van der Waals surface area contributed by atoms with E-state index in [0.29, 0.717) is 25.2 Å². The number of ether oxygens (including phenoxy) is 1. The normalized spacial score (nSPS) is 16.6. The van der Waals surface area contributed by atoms with E-state index in [1.807, 2.05) is 30.3 Å². The summed E-state index contributed by atoms with van der Waals surface area (Å²) in [5.74, 6) is -0.676. The number of hydrogen-bond acceptors (Lipinski definition) is 5. The molecular weight excluding hydrogens is 346 g/mol. The number of nitrogens with zero attached hydrogens (tertiary/aromatic N) is 2. The number of benzene rings is 2. The summed E-state index contributed by atoms with van der Waals surface area (Å²) in [6, 6.07) is 14.4. The molecule has 142 valence electrons. The number of nitro benzene ring substituents is 1. The standard InChI is InChI=1S/C20H23N3O4/c21-20(24)16-8-9-17(19(11-16)23(25)26)13-22(14-18-7-4-10-27-18)12-15-5-2-1-3-6-15/h1-3,5-6,8-9,11,18H,4,7,10,12-14H2,(H2,21,24)/t18-/m1/s1. The zero-order valence-corrected chi connectivity index (χ0v) is 15.0. The Balaban J connectivity index is 1.83. The van der Waals surface area contributed by atoms with Crippen molar-refractivity contribution in [3.63, 3.8) is 0 Å². The molecule has 2 aromatic carbocycles. The number of nitrogens with two attached hydrogens (primary N) is 1. The maximum Gasteiger partial charge on any atom is 0.274 e. The fraction of sp³-hybridized carbons (Fsp3) is 0.350. The van der Waals surface area contributed by atoms with Gasteiger partial charge in [0.05, 0.1) is 11.0 Å². The van der Waals surface area contributed by atoms with Crippen LogP contribution in [0.25, 0.3) is 0 Å². The summed E-state index contributed by atoms with van der Waals surface area (Å²) in [5, 5.41) is 11.5. The van der Waals surface area contributed by atoms with Crippen molar-refractivity contribution in [3.05, 3.63) is 75.3 Å². The first-order chi connectivity index (χ1) is 13.0. The van der Waals surface area contributed by atoms with Gasteiger partial charge in [-0.05, 0) is 24.5 Å². The lowest BCUT2D eigenvalue weighted by molar-refractivity contribution is -0.385. The molecular formula is C20H23N3O4. The molecule has 0 spiro atoms. The van der Waals surface area contributed by atoms with Crippen LogP contribution in [-0.2, 0) is 17.8 Å². The molecule has 3 rings (SSSR count). The number of nitro groups is 1. The molecule has 0 saturated carbocycles. The predicted molar refractivity (Wildman–Crippen MR) is 101 cm³/mol. The fourth-order valence-corrected chi connectivity index (χ4v) is 3.36. The lowest BCUT2D eigenvalue weighted by Crippen LogP contribution is -2.31. The number of carbonyl (C=O) groups is 1. The SMILES string of the molecule is NC(=O)c1ccc(CN(Cc2ccccc2)C[C@H]2CCCO2)c([N+](=O)[O-])c1. The quantitative estimate of drug-likeness (QED) is 0.570. The van der Waals surface area contributed by atoms with E-state index >= 15 is 0 Å². The highest BCUT2D eigenvalue weighted by Gasteiger charge is 2.23. The second kappa shape index (κ2) is 8.75. The molecule has 7 nitrogen and oxygen atoms in total. The van der Waals surface area contributed by atoms with Gasteiger partial charge in [-0.2, -0.15) is 0 Å². The van der Waals surface area contributed by atoms with Gasteiger partial charge in [-0.1, -0.05) is 36.4 Å². The molecule has 0 bridgehead atoms. The lowest BCUT2D eigenvalue weighted by atomic mass is 10.1. The van der Waals surface area contributed by atoms with Crippen LogP contribution in [0.1, 0.15) is 34.3 Å². The Hall–Kier alpha value is -2.77. The maximum absolute atomic E-state index is 11.5. The lowest BCUT2D eigenvalue weighted by Gasteiger charge is -2.25. The highest BCUT2D eigenvalue weighted by Crippen LogP contribution is 2.24. The molecule has 1 heterocycles. The summed E-state index contributed by atoms with van der Waals surface area (Å²) in [4.78, 5) is 24.5. The highest BCUT2D eigenvalue weighted by atomic mass is 16.6. The smallest absolute Gasteiger partial charge is 0.274 e. The van der Waals surface area contributed by atoms with Crippen LogP contribution >= 0.6 is 0 Å². The van der Waals surface area contributed by atoms with Gasteiger partial charge in [-0.15, -0.1) is 0 Å². The van der Waals surface area contributed by atoms with Crippen molar-refractivity contribution in [1.29, 1.82) is 0 Å². The van der Waals surface area contributed by atoms with Gasteiger partial charge in [-0.3, -0.25) is 19.8 Å². The average molecular weight is 369 g/mol. The molecule has 1 fully saturated rings. The zero-order chi connectivity index (χ0) is 19.2. The molecule has 0 unspecified atom stereocenters. The van der Waals surface area contributed by atoms with Gasteiger partial charge in [-0.25, -0.2) is 0 Å². The number of carbonyl (C=O) groups excluding carboxylic acids is 1. The van der Waals surface area contributed by atoms with Crippen molar-refractivity contribution in [1.82, 2.24) is 4.90 Å². The summed E-state index contributed by atoms with van der Waals surface area (Å²) in [6.45, 7) is 2.51. The number of rotatable bonds is 8. The molecule has 1 amide bonds. The molecule has 0 radical (unpaired) electrons. The monoisotopic (exact) mass is 369 g/mol.